The van der Waals surface area contributed by atoms with Crippen molar-refractivity contribution < 1.29 is 48.4 Å². The molecule has 0 aliphatic rings. The molecule has 42 heavy (non-hydrogen) atoms. The van der Waals surface area contributed by atoms with Crippen LogP contribution in [0.15, 0.2) is 87.5 Å². The molecule has 0 bridgehead atoms. The van der Waals surface area contributed by atoms with Crippen molar-refractivity contribution in [3.05, 3.63) is 89.5 Å². The lowest BCUT2D eigenvalue weighted by atomic mass is 10.1. The zero-order chi connectivity index (χ0) is 31.3. The molecule has 0 atom stereocenters. The van der Waals surface area contributed by atoms with Crippen molar-refractivity contribution in [2.45, 2.75) is 27.0 Å². The highest BCUT2D eigenvalue weighted by Gasteiger charge is 2.38. The molecule has 0 fully saturated rings. The maximum Gasteiger partial charge on any atom is 0.417 e. The van der Waals surface area contributed by atoms with Gasteiger partial charge in [-0.25, -0.2) is 21.6 Å². The average molecular weight is 649 g/mol. The van der Waals surface area contributed by atoms with Gasteiger partial charge in [0.25, 0.3) is 5.91 Å². The molecule has 0 aliphatic carbocycles. The number of nitrogens with one attached hydrogen (secondary N) is 1. The van der Waals surface area contributed by atoms with Crippen LogP contribution in [0.2, 0.25) is 0 Å². The van der Waals surface area contributed by atoms with E-state index in [1.54, 1.807) is 18.2 Å². The average Bonchev–Trinajstić information content (AvgIpc) is 2.96. The van der Waals surface area contributed by atoms with Gasteiger partial charge in [0.15, 0.2) is 0 Å². The molecule has 3 aromatic carbocycles. The van der Waals surface area contributed by atoms with Crippen LogP contribution in [0.3, 0.4) is 0 Å². The summed E-state index contributed by atoms with van der Waals surface area (Å²) in [6, 6.07) is 14.4. The summed E-state index contributed by atoms with van der Waals surface area (Å²) in [7, 11) is -8.66. The van der Waals surface area contributed by atoms with Crippen LogP contribution < -0.4 is 4.72 Å². The molecule has 0 saturated heterocycles. The third-order valence-corrected chi connectivity index (χ3v) is 11.3. The van der Waals surface area contributed by atoms with Crippen molar-refractivity contribution in [3.63, 3.8) is 0 Å². The van der Waals surface area contributed by atoms with E-state index in [1.165, 1.54) is 57.7 Å². The Kier molecular flexibility index (Phi) is 10.4. The van der Waals surface area contributed by atoms with E-state index in [0.717, 1.165) is 4.90 Å². The second kappa shape index (κ2) is 13.1. The molecule has 0 spiro atoms. The number of hydrogen-bond acceptors (Lipinski definition) is 8. The van der Waals surface area contributed by atoms with Gasteiger partial charge in [-0.05, 0) is 48.0 Å². The second-order valence-corrected chi connectivity index (χ2v) is 14.9. The van der Waals surface area contributed by atoms with Crippen molar-refractivity contribution in [3.8, 4) is 0 Å². The van der Waals surface area contributed by atoms with Crippen LogP contribution in [0.25, 0.3) is 0 Å². The fourth-order valence-corrected chi connectivity index (χ4v) is 7.51. The fourth-order valence-electron chi connectivity index (χ4n) is 3.79. The Morgan fingerprint density at radius 3 is 2.05 bits per heavy atom. The number of rotatable bonds is 12. The molecular formula is C26H28F3N2O8PS2. The Morgan fingerprint density at radius 1 is 0.905 bits per heavy atom. The van der Waals surface area contributed by atoms with Crippen LogP contribution >= 0.6 is 7.60 Å². The van der Waals surface area contributed by atoms with Gasteiger partial charge < -0.3 is 13.9 Å². The fraction of sp³-hybridized carbons (Fsp3) is 0.269. The summed E-state index contributed by atoms with van der Waals surface area (Å²) in [6.45, 7) is -0.702. The summed E-state index contributed by atoms with van der Waals surface area (Å²) in [6.07, 6.45) is -5.13. The monoisotopic (exact) mass is 648 g/mol. The van der Waals surface area contributed by atoms with Gasteiger partial charge in [-0.15, -0.1) is 0 Å². The molecule has 0 aromatic heterocycles. The van der Waals surface area contributed by atoms with Crippen LogP contribution in [0.1, 0.15) is 21.5 Å². The van der Waals surface area contributed by atoms with E-state index in [0.29, 0.717) is 23.8 Å². The van der Waals surface area contributed by atoms with Gasteiger partial charge in [0.1, 0.15) is 0 Å². The first kappa shape index (κ1) is 33.4. The predicted octanol–water partition coefficient (Wildman–Crippen LogP) is 4.57. The molecular weight excluding hydrogens is 620 g/mol. The third kappa shape index (κ3) is 7.85. The van der Waals surface area contributed by atoms with E-state index >= 15 is 0 Å². The van der Waals surface area contributed by atoms with Crippen molar-refractivity contribution in [2.75, 3.05) is 34.4 Å². The van der Waals surface area contributed by atoms with Gasteiger partial charge in [0.05, 0.1) is 26.4 Å². The van der Waals surface area contributed by atoms with Crippen LogP contribution in [0, 0.1) is 0 Å². The van der Waals surface area contributed by atoms with Crippen LogP contribution in [-0.4, -0.2) is 62.0 Å². The first-order valence-electron chi connectivity index (χ1n) is 12.1. The van der Waals surface area contributed by atoms with E-state index in [1.807, 2.05) is 4.72 Å². The summed E-state index contributed by atoms with van der Waals surface area (Å²) in [4.78, 5) is 11.8. The summed E-state index contributed by atoms with van der Waals surface area (Å²) in [5.74, 6) is -0.519. The Bertz CT molecular complexity index is 1670. The highest BCUT2D eigenvalue weighted by Crippen LogP contribution is 2.49. The second-order valence-electron chi connectivity index (χ2n) is 8.93. The summed E-state index contributed by atoms with van der Waals surface area (Å²) in [5.41, 5.74) is -0.754. The molecule has 0 aliphatic heterocycles. The van der Waals surface area contributed by atoms with Gasteiger partial charge in [-0.3, -0.25) is 9.36 Å². The maximum absolute atomic E-state index is 13.7. The highest BCUT2D eigenvalue weighted by molar-refractivity contribution is 7.91. The van der Waals surface area contributed by atoms with E-state index in [2.05, 4.69) is 0 Å². The normalized spacial score (nSPS) is 12.7. The lowest BCUT2D eigenvalue weighted by Crippen LogP contribution is -2.36. The zero-order valence-electron chi connectivity index (χ0n) is 22.7. The van der Waals surface area contributed by atoms with E-state index in [9.17, 15) is 39.4 Å². The predicted molar refractivity (Wildman–Crippen MR) is 147 cm³/mol. The lowest BCUT2D eigenvalue weighted by Gasteiger charge is -2.19. The Balaban J connectivity index is 1.77. The topological polar surface area (TPSA) is 136 Å². The maximum atomic E-state index is 13.7. The first-order valence-corrected chi connectivity index (χ1v) is 16.8. The van der Waals surface area contributed by atoms with Crippen molar-refractivity contribution in [2.24, 2.45) is 0 Å². The van der Waals surface area contributed by atoms with Crippen molar-refractivity contribution >= 4 is 33.4 Å². The molecule has 0 radical (unpaired) electrons. The Morgan fingerprint density at radius 2 is 1.50 bits per heavy atom. The molecule has 0 unspecified atom stereocenters. The summed E-state index contributed by atoms with van der Waals surface area (Å²) in [5, 5.41) is 0. The van der Waals surface area contributed by atoms with Gasteiger partial charge in [-0.1, -0.05) is 30.3 Å². The number of sulfonamides is 1. The van der Waals surface area contributed by atoms with Gasteiger partial charge in [-0.2, -0.15) is 13.2 Å². The number of sulfone groups is 1. The Hall–Kier alpha value is -3.07. The smallest absolute Gasteiger partial charge is 0.340 e. The largest absolute Gasteiger partial charge is 0.417 e. The Labute approximate surface area is 242 Å². The van der Waals surface area contributed by atoms with E-state index < -0.39 is 61.4 Å². The molecule has 1 amide bonds. The van der Waals surface area contributed by atoms with Crippen molar-refractivity contribution in [1.82, 2.24) is 9.62 Å². The SMILES string of the molecule is COP(=O)(Cc1ccc(C(=O)N(C)CCNS(=O)(=O)c2cc(S(=O)(=O)c3ccccc3)ccc2C(F)(F)F)cc1)OC. The van der Waals surface area contributed by atoms with Crippen LogP contribution in [-0.2, 0) is 45.8 Å². The molecule has 3 aromatic rings. The summed E-state index contributed by atoms with van der Waals surface area (Å²) < 4.78 is 117. The molecule has 1 N–H and O–H groups in total. The third-order valence-electron chi connectivity index (χ3n) is 6.13. The summed E-state index contributed by atoms with van der Waals surface area (Å²) >= 11 is 0. The number of halogens is 3. The number of likely N-dealkylation sites (N-methyl/N-ethyl adjacent to an activating group) is 1. The van der Waals surface area contributed by atoms with Crippen LogP contribution in [0.5, 0.6) is 0 Å². The van der Waals surface area contributed by atoms with E-state index in [4.69, 9.17) is 9.05 Å². The van der Waals surface area contributed by atoms with Gasteiger partial charge in [0, 0.05) is 39.9 Å². The highest BCUT2D eigenvalue weighted by atomic mass is 32.2. The molecule has 10 nitrogen and oxygen atoms in total. The van der Waals surface area contributed by atoms with Crippen LogP contribution in [0.4, 0.5) is 13.2 Å². The number of nitrogens with zero attached hydrogens (tertiary/aromatic N) is 1. The van der Waals surface area contributed by atoms with Gasteiger partial charge >= 0.3 is 13.8 Å². The number of alkyl halides is 3. The molecule has 228 valence electrons. The first-order chi connectivity index (χ1) is 19.5. The minimum atomic E-state index is -5.10. The number of carbonyl (C=O) groups excluding carboxylic acids is 1. The van der Waals surface area contributed by atoms with E-state index in [-0.39, 0.29) is 23.2 Å². The number of amides is 1. The minimum Gasteiger partial charge on any atom is -0.340 e. The molecule has 16 heteroatoms. The van der Waals surface area contributed by atoms with Gasteiger partial charge in [0.2, 0.25) is 19.9 Å². The zero-order valence-corrected chi connectivity index (χ0v) is 25.2. The molecule has 0 heterocycles. The standard InChI is InChI=1S/C26H28F3N2O8PS2/c1-31(25(32)20-11-9-19(10-12-20)18-40(33,38-2)39-3)16-15-30-42(36,37)24-17-22(13-14-23(24)26(27,28)29)41(34,35)21-7-5-4-6-8-21/h4-14,17,30H,15-16,18H2,1-3H3. The van der Waals surface area contributed by atoms with Crippen molar-refractivity contribution in [1.29, 1.82) is 0 Å². The number of carbonyl (C=O) groups is 1. The number of benzene rings is 3. The molecule has 3 rings (SSSR count). The number of hydrogen-bond donors (Lipinski definition) is 1. The minimum absolute atomic E-state index is 0.0279. The quantitative estimate of drug-likeness (QED) is 0.282. The lowest BCUT2D eigenvalue weighted by molar-refractivity contribution is -0.139. The molecule has 0 saturated carbocycles.